The fraction of sp³-hybridized carbons (Fsp3) is 0.273. The van der Waals surface area contributed by atoms with Gasteiger partial charge in [0, 0.05) is 12.3 Å². The van der Waals surface area contributed by atoms with E-state index < -0.39 is 0 Å². The first-order valence-corrected chi connectivity index (χ1v) is 10.1. The predicted molar refractivity (Wildman–Crippen MR) is 109 cm³/mol. The summed E-state index contributed by atoms with van der Waals surface area (Å²) in [5.41, 5.74) is 4.11. The van der Waals surface area contributed by atoms with Crippen molar-refractivity contribution >= 4 is 29.1 Å². The zero-order chi connectivity index (χ0) is 20.3. The third-order valence-corrected chi connectivity index (χ3v) is 5.85. The van der Waals surface area contributed by atoms with Gasteiger partial charge in [0.2, 0.25) is 0 Å². The number of amides is 2. The molecule has 146 valence electrons. The number of nitrogens with zero attached hydrogens (tertiary/aromatic N) is 1. The van der Waals surface area contributed by atoms with Crippen molar-refractivity contribution in [3.05, 3.63) is 75.4 Å². The number of carbonyl (C=O) groups is 2. The zero-order valence-corrected chi connectivity index (χ0v) is 16.7. The minimum Gasteiger partial charge on any atom is -0.396 e. The van der Waals surface area contributed by atoms with E-state index in [9.17, 15) is 19.1 Å². The van der Waals surface area contributed by atoms with Gasteiger partial charge in [-0.25, -0.2) is 4.39 Å². The summed E-state index contributed by atoms with van der Waals surface area (Å²) in [7, 11) is 0. The minimum absolute atomic E-state index is 0.0780. The first-order chi connectivity index (χ1) is 13.4. The number of thioether (sulfide) groups is 1. The molecule has 0 saturated carbocycles. The quantitative estimate of drug-likeness (QED) is 0.724. The molecule has 1 aliphatic rings. The highest BCUT2D eigenvalue weighted by Crippen LogP contribution is 2.36. The number of aryl methyl sites for hydroxylation is 2. The first-order valence-electron chi connectivity index (χ1n) is 9.08. The lowest BCUT2D eigenvalue weighted by molar-refractivity contribution is -0.136. The Morgan fingerprint density at radius 3 is 2.36 bits per heavy atom. The van der Waals surface area contributed by atoms with E-state index in [-0.39, 0.29) is 30.8 Å². The largest absolute Gasteiger partial charge is 0.396 e. The van der Waals surface area contributed by atoms with Gasteiger partial charge in [0.15, 0.2) is 0 Å². The number of aliphatic hydroxyl groups is 1. The third kappa shape index (κ3) is 4.18. The number of hydrogen-bond acceptors (Lipinski definition) is 4. The SMILES string of the molecule is Cc1ccc(C2=C(SCCO)C(=O)N(CCc3ccc(F)cc3)C2=O)cc1C. The molecule has 0 saturated heterocycles. The van der Waals surface area contributed by atoms with Crippen molar-refractivity contribution in [1.29, 1.82) is 0 Å². The molecule has 0 bridgehead atoms. The molecular formula is C22H22FNO3S. The molecule has 6 heteroatoms. The van der Waals surface area contributed by atoms with Crippen LogP contribution in [0.2, 0.25) is 0 Å². The van der Waals surface area contributed by atoms with Gasteiger partial charge in [-0.2, -0.15) is 0 Å². The summed E-state index contributed by atoms with van der Waals surface area (Å²) in [6.45, 7) is 4.10. The van der Waals surface area contributed by atoms with Gasteiger partial charge in [0.1, 0.15) is 5.82 Å². The van der Waals surface area contributed by atoms with E-state index in [4.69, 9.17) is 0 Å². The van der Waals surface area contributed by atoms with Crippen LogP contribution in [0.1, 0.15) is 22.3 Å². The van der Waals surface area contributed by atoms with Crippen LogP contribution in [0, 0.1) is 19.7 Å². The number of hydrogen-bond donors (Lipinski definition) is 1. The Labute approximate surface area is 168 Å². The summed E-state index contributed by atoms with van der Waals surface area (Å²) in [5, 5.41) is 9.17. The second-order valence-corrected chi connectivity index (χ2v) is 7.82. The summed E-state index contributed by atoms with van der Waals surface area (Å²) in [4.78, 5) is 27.6. The van der Waals surface area contributed by atoms with Crippen molar-refractivity contribution in [3.8, 4) is 0 Å². The number of rotatable bonds is 7. The lowest BCUT2D eigenvalue weighted by Crippen LogP contribution is -2.33. The summed E-state index contributed by atoms with van der Waals surface area (Å²) < 4.78 is 13.1. The Balaban J connectivity index is 1.87. The maximum Gasteiger partial charge on any atom is 0.267 e. The second kappa shape index (κ2) is 8.71. The van der Waals surface area contributed by atoms with E-state index in [2.05, 4.69) is 0 Å². The molecule has 1 N–H and O–H groups in total. The van der Waals surface area contributed by atoms with Crippen molar-refractivity contribution < 1.29 is 19.1 Å². The smallest absolute Gasteiger partial charge is 0.267 e. The monoisotopic (exact) mass is 399 g/mol. The standard InChI is InChI=1S/C22H22FNO3S/c1-14-3-6-17(13-15(14)2)19-20(28-12-11-25)22(27)24(21(19)26)10-9-16-4-7-18(23)8-5-16/h3-8,13,25H,9-12H2,1-2H3. The maximum absolute atomic E-state index is 13.1. The van der Waals surface area contributed by atoms with Gasteiger partial charge in [-0.15, -0.1) is 11.8 Å². The van der Waals surface area contributed by atoms with E-state index in [0.29, 0.717) is 28.2 Å². The van der Waals surface area contributed by atoms with Crippen LogP contribution in [0.4, 0.5) is 4.39 Å². The Bertz CT molecular complexity index is 937. The van der Waals surface area contributed by atoms with Gasteiger partial charge < -0.3 is 5.11 Å². The van der Waals surface area contributed by atoms with Crippen molar-refractivity contribution in [2.45, 2.75) is 20.3 Å². The van der Waals surface area contributed by atoms with Crippen molar-refractivity contribution in [1.82, 2.24) is 4.90 Å². The number of halogens is 1. The summed E-state index contributed by atoms with van der Waals surface area (Å²) in [6, 6.07) is 11.7. The highest BCUT2D eigenvalue weighted by Gasteiger charge is 2.38. The molecule has 0 fully saturated rings. The molecule has 3 rings (SSSR count). The van der Waals surface area contributed by atoms with E-state index >= 15 is 0 Å². The van der Waals surface area contributed by atoms with Crippen LogP contribution in [0.5, 0.6) is 0 Å². The number of aliphatic hydroxyl groups excluding tert-OH is 1. The Morgan fingerprint density at radius 2 is 1.71 bits per heavy atom. The fourth-order valence-corrected chi connectivity index (χ4v) is 3.96. The summed E-state index contributed by atoms with van der Waals surface area (Å²) in [5.74, 6) is -0.637. The molecule has 0 atom stereocenters. The van der Waals surface area contributed by atoms with E-state index in [0.717, 1.165) is 16.7 Å². The molecule has 0 aromatic heterocycles. The molecule has 1 aliphatic heterocycles. The number of benzene rings is 2. The molecule has 2 aromatic carbocycles. The molecule has 2 amide bonds. The molecule has 1 heterocycles. The summed E-state index contributed by atoms with van der Waals surface area (Å²) in [6.07, 6.45) is 0.454. The first kappa shape index (κ1) is 20.3. The highest BCUT2D eigenvalue weighted by atomic mass is 32.2. The van der Waals surface area contributed by atoms with Gasteiger partial charge >= 0.3 is 0 Å². The van der Waals surface area contributed by atoms with Crippen LogP contribution in [-0.2, 0) is 16.0 Å². The molecule has 0 unspecified atom stereocenters. The van der Waals surface area contributed by atoms with Crippen LogP contribution in [0.25, 0.3) is 5.57 Å². The zero-order valence-electron chi connectivity index (χ0n) is 15.9. The number of carbonyl (C=O) groups excluding carboxylic acids is 2. The fourth-order valence-electron chi connectivity index (χ4n) is 3.08. The molecule has 0 aliphatic carbocycles. The Kier molecular flexibility index (Phi) is 6.31. The Hall–Kier alpha value is -2.44. The topological polar surface area (TPSA) is 57.6 Å². The normalized spacial score (nSPS) is 14.4. The maximum atomic E-state index is 13.1. The predicted octanol–water partition coefficient (Wildman–Crippen LogP) is 3.49. The molecular weight excluding hydrogens is 377 g/mol. The Morgan fingerprint density at radius 1 is 1.00 bits per heavy atom. The molecule has 28 heavy (non-hydrogen) atoms. The highest BCUT2D eigenvalue weighted by molar-refractivity contribution is 8.04. The van der Waals surface area contributed by atoms with Crippen LogP contribution >= 0.6 is 11.8 Å². The minimum atomic E-state index is -0.334. The van der Waals surface area contributed by atoms with Crippen molar-refractivity contribution in [3.63, 3.8) is 0 Å². The van der Waals surface area contributed by atoms with Crippen LogP contribution in [-0.4, -0.2) is 40.7 Å². The molecule has 2 aromatic rings. The van der Waals surface area contributed by atoms with Crippen molar-refractivity contribution in [2.75, 3.05) is 18.9 Å². The molecule has 0 radical (unpaired) electrons. The third-order valence-electron chi connectivity index (χ3n) is 4.80. The summed E-state index contributed by atoms with van der Waals surface area (Å²) >= 11 is 1.20. The average molecular weight is 399 g/mol. The lowest BCUT2D eigenvalue weighted by atomic mass is 10.0. The van der Waals surface area contributed by atoms with E-state index in [1.807, 2.05) is 32.0 Å². The van der Waals surface area contributed by atoms with E-state index in [1.165, 1.54) is 28.8 Å². The average Bonchev–Trinajstić information content (AvgIpc) is 2.91. The van der Waals surface area contributed by atoms with Gasteiger partial charge in [0.05, 0.1) is 17.1 Å². The molecule has 4 nitrogen and oxygen atoms in total. The van der Waals surface area contributed by atoms with Crippen LogP contribution in [0.3, 0.4) is 0 Å². The van der Waals surface area contributed by atoms with Gasteiger partial charge in [0.25, 0.3) is 11.8 Å². The molecule has 0 spiro atoms. The van der Waals surface area contributed by atoms with Crippen LogP contribution < -0.4 is 0 Å². The number of imide groups is 1. The van der Waals surface area contributed by atoms with Gasteiger partial charge in [-0.1, -0.05) is 30.3 Å². The lowest BCUT2D eigenvalue weighted by Gasteiger charge is -2.15. The van der Waals surface area contributed by atoms with Gasteiger partial charge in [-0.3, -0.25) is 14.5 Å². The second-order valence-electron chi connectivity index (χ2n) is 6.71. The van der Waals surface area contributed by atoms with Crippen molar-refractivity contribution in [2.24, 2.45) is 0 Å². The van der Waals surface area contributed by atoms with Gasteiger partial charge in [-0.05, 0) is 54.7 Å². The van der Waals surface area contributed by atoms with Crippen LogP contribution in [0.15, 0.2) is 47.4 Å². The van der Waals surface area contributed by atoms with E-state index in [1.54, 1.807) is 12.1 Å².